The number of rotatable bonds is 3. The fraction of sp³-hybridized carbons (Fsp3) is 0.143. The van der Waals surface area contributed by atoms with E-state index in [2.05, 4.69) is 0 Å². The van der Waals surface area contributed by atoms with E-state index in [-0.39, 0.29) is 12.4 Å². The Balaban J connectivity index is 2.28. The van der Waals surface area contributed by atoms with Crippen molar-refractivity contribution in [3.05, 3.63) is 59.2 Å². The molecule has 0 unspecified atom stereocenters. The van der Waals surface area contributed by atoms with E-state index in [0.29, 0.717) is 5.75 Å². The zero-order chi connectivity index (χ0) is 13.1. The van der Waals surface area contributed by atoms with Crippen LogP contribution in [0.15, 0.2) is 36.4 Å². The van der Waals surface area contributed by atoms with E-state index in [9.17, 15) is 8.78 Å². The molecule has 2 nitrogen and oxygen atoms in total. The summed E-state index contributed by atoms with van der Waals surface area (Å²) in [7, 11) is 0. The van der Waals surface area contributed by atoms with Gasteiger partial charge in [-0.15, -0.1) is 0 Å². The third-order valence-corrected chi connectivity index (χ3v) is 2.49. The van der Waals surface area contributed by atoms with Crippen molar-refractivity contribution >= 4 is 0 Å². The number of aryl methyl sites for hydroxylation is 1. The molecule has 0 radical (unpaired) electrons. The number of benzene rings is 2. The van der Waals surface area contributed by atoms with Gasteiger partial charge in [0.25, 0.3) is 0 Å². The highest BCUT2D eigenvalue weighted by Gasteiger charge is 2.05. The van der Waals surface area contributed by atoms with Crippen LogP contribution in [0.25, 0.3) is 0 Å². The minimum Gasteiger partial charge on any atom is -0.457 e. The van der Waals surface area contributed by atoms with E-state index in [1.807, 2.05) is 0 Å². The van der Waals surface area contributed by atoms with E-state index in [1.54, 1.807) is 25.1 Å². The molecular weight excluding hydrogens is 238 g/mol. The van der Waals surface area contributed by atoms with Crippen molar-refractivity contribution in [3.63, 3.8) is 0 Å². The molecule has 0 aromatic heterocycles. The second-order valence-electron chi connectivity index (χ2n) is 3.97. The van der Waals surface area contributed by atoms with Crippen molar-refractivity contribution in [2.75, 3.05) is 0 Å². The van der Waals surface area contributed by atoms with E-state index in [1.165, 1.54) is 0 Å². The smallest absolute Gasteiger partial charge is 0.133 e. The summed E-state index contributed by atoms with van der Waals surface area (Å²) in [5.41, 5.74) is 1.54. The summed E-state index contributed by atoms with van der Waals surface area (Å²) in [6.45, 7) is 1.74. The number of aliphatic hydroxyl groups is 1. The lowest BCUT2D eigenvalue weighted by Gasteiger charge is -2.10. The molecule has 0 spiro atoms. The van der Waals surface area contributed by atoms with Gasteiger partial charge in [-0.25, -0.2) is 8.78 Å². The number of aliphatic hydroxyl groups excluding tert-OH is 1. The van der Waals surface area contributed by atoms with Gasteiger partial charge in [0.05, 0.1) is 6.61 Å². The standard InChI is InChI=1S/C14H12F2O2/c1-9-4-10(8-17)2-3-14(9)18-13-6-11(15)5-12(16)7-13/h2-7,17H,8H2,1H3. The van der Waals surface area contributed by atoms with Gasteiger partial charge < -0.3 is 9.84 Å². The van der Waals surface area contributed by atoms with Crippen LogP contribution in [0.2, 0.25) is 0 Å². The summed E-state index contributed by atoms with van der Waals surface area (Å²) in [6.07, 6.45) is 0. The molecule has 0 aliphatic heterocycles. The highest BCUT2D eigenvalue weighted by atomic mass is 19.1. The van der Waals surface area contributed by atoms with Crippen molar-refractivity contribution in [3.8, 4) is 11.5 Å². The molecule has 0 aliphatic rings. The molecular formula is C14H12F2O2. The molecule has 0 amide bonds. The van der Waals surface area contributed by atoms with Gasteiger partial charge in [-0.3, -0.25) is 0 Å². The molecule has 0 saturated heterocycles. The van der Waals surface area contributed by atoms with Crippen LogP contribution in [0, 0.1) is 18.6 Å². The van der Waals surface area contributed by atoms with Crippen molar-refractivity contribution < 1.29 is 18.6 Å². The molecule has 0 fully saturated rings. The monoisotopic (exact) mass is 250 g/mol. The summed E-state index contributed by atoms with van der Waals surface area (Å²) >= 11 is 0. The van der Waals surface area contributed by atoms with Gasteiger partial charge in [-0.2, -0.15) is 0 Å². The Bertz CT molecular complexity index is 547. The van der Waals surface area contributed by atoms with Gasteiger partial charge in [0.2, 0.25) is 0 Å². The molecule has 2 aromatic rings. The Hall–Kier alpha value is -1.94. The van der Waals surface area contributed by atoms with E-state index in [4.69, 9.17) is 9.84 Å². The van der Waals surface area contributed by atoms with Crippen LogP contribution in [-0.2, 0) is 6.61 Å². The number of ether oxygens (including phenoxy) is 1. The second kappa shape index (κ2) is 5.14. The van der Waals surface area contributed by atoms with Gasteiger partial charge in [0.15, 0.2) is 0 Å². The van der Waals surface area contributed by atoms with Crippen LogP contribution in [0.5, 0.6) is 11.5 Å². The largest absolute Gasteiger partial charge is 0.457 e. The van der Waals surface area contributed by atoms with Crippen molar-refractivity contribution in [1.29, 1.82) is 0 Å². The first-order valence-corrected chi connectivity index (χ1v) is 5.43. The summed E-state index contributed by atoms with van der Waals surface area (Å²) in [6, 6.07) is 8.12. The Kier molecular flexibility index (Phi) is 3.58. The molecule has 2 rings (SSSR count). The molecule has 18 heavy (non-hydrogen) atoms. The van der Waals surface area contributed by atoms with Crippen LogP contribution in [-0.4, -0.2) is 5.11 Å². The average molecular weight is 250 g/mol. The second-order valence-corrected chi connectivity index (χ2v) is 3.97. The van der Waals surface area contributed by atoms with Gasteiger partial charge in [-0.1, -0.05) is 12.1 Å². The molecule has 0 aliphatic carbocycles. The van der Waals surface area contributed by atoms with Crippen molar-refractivity contribution in [1.82, 2.24) is 0 Å². The number of halogens is 2. The molecule has 2 aromatic carbocycles. The summed E-state index contributed by atoms with van der Waals surface area (Å²) in [5, 5.41) is 8.98. The van der Waals surface area contributed by atoms with Gasteiger partial charge in [0.1, 0.15) is 23.1 Å². The predicted molar refractivity (Wildman–Crippen MR) is 63.5 cm³/mol. The molecule has 0 saturated carbocycles. The summed E-state index contributed by atoms with van der Waals surface area (Å²) in [4.78, 5) is 0. The van der Waals surface area contributed by atoms with E-state index in [0.717, 1.165) is 29.3 Å². The zero-order valence-electron chi connectivity index (χ0n) is 9.78. The lowest BCUT2D eigenvalue weighted by atomic mass is 10.1. The Morgan fingerprint density at radius 2 is 1.72 bits per heavy atom. The number of hydrogen-bond donors (Lipinski definition) is 1. The molecule has 4 heteroatoms. The van der Waals surface area contributed by atoms with Crippen molar-refractivity contribution in [2.45, 2.75) is 13.5 Å². The fourth-order valence-electron chi connectivity index (χ4n) is 1.64. The van der Waals surface area contributed by atoms with Crippen LogP contribution in [0.3, 0.4) is 0 Å². The van der Waals surface area contributed by atoms with E-state index < -0.39 is 11.6 Å². The quantitative estimate of drug-likeness (QED) is 0.902. The topological polar surface area (TPSA) is 29.5 Å². The number of hydrogen-bond acceptors (Lipinski definition) is 2. The van der Waals surface area contributed by atoms with Crippen LogP contribution >= 0.6 is 0 Å². The molecule has 0 heterocycles. The highest BCUT2D eigenvalue weighted by Crippen LogP contribution is 2.26. The Morgan fingerprint density at radius 3 is 2.28 bits per heavy atom. The van der Waals surface area contributed by atoms with Crippen LogP contribution in [0.1, 0.15) is 11.1 Å². The average Bonchev–Trinajstić information content (AvgIpc) is 2.30. The maximum absolute atomic E-state index is 13.0. The molecule has 0 atom stereocenters. The molecule has 1 N–H and O–H groups in total. The summed E-state index contributed by atoms with van der Waals surface area (Å²) < 4.78 is 31.4. The normalized spacial score (nSPS) is 10.4. The van der Waals surface area contributed by atoms with Gasteiger partial charge >= 0.3 is 0 Å². The Labute approximate surface area is 103 Å². The first-order chi connectivity index (χ1) is 8.58. The lowest BCUT2D eigenvalue weighted by Crippen LogP contribution is -1.92. The van der Waals surface area contributed by atoms with Crippen LogP contribution in [0.4, 0.5) is 8.78 Å². The predicted octanol–water partition coefficient (Wildman–Crippen LogP) is 3.56. The zero-order valence-corrected chi connectivity index (χ0v) is 9.78. The lowest BCUT2D eigenvalue weighted by molar-refractivity contribution is 0.281. The Morgan fingerprint density at radius 1 is 1.06 bits per heavy atom. The van der Waals surface area contributed by atoms with E-state index >= 15 is 0 Å². The van der Waals surface area contributed by atoms with Gasteiger partial charge in [-0.05, 0) is 24.1 Å². The van der Waals surface area contributed by atoms with Crippen LogP contribution < -0.4 is 4.74 Å². The fourth-order valence-corrected chi connectivity index (χ4v) is 1.64. The first kappa shape index (κ1) is 12.5. The van der Waals surface area contributed by atoms with Gasteiger partial charge in [0, 0.05) is 18.2 Å². The molecule has 94 valence electrons. The SMILES string of the molecule is Cc1cc(CO)ccc1Oc1cc(F)cc(F)c1. The maximum atomic E-state index is 13.0. The third kappa shape index (κ3) is 2.84. The molecule has 0 bridgehead atoms. The van der Waals surface area contributed by atoms with Crippen molar-refractivity contribution in [2.24, 2.45) is 0 Å². The first-order valence-electron chi connectivity index (χ1n) is 5.43. The third-order valence-electron chi connectivity index (χ3n) is 2.49. The minimum absolute atomic E-state index is 0.0598. The summed E-state index contributed by atoms with van der Waals surface area (Å²) in [5.74, 6) is -0.770. The maximum Gasteiger partial charge on any atom is 0.133 e. The highest BCUT2D eigenvalue weighted by molar-refractivity contribution is 5.39. The minimum atomic E-state index is -0.686.